The van der Waals surface area contributed by atoms with E-state index in [4.69, 9.17) is 4.74 Å². The van der Waals surface area contributed by atoms with Crippen LogP contribution in [-0.4, -0.2) is 46.5 Å². The fourth-order valence-corrected chi connectivity index (χ4v) is 3.60. The zero-order valence-corrected chi connectivity index (χ0v) is 12.3. The van der Waals surface area contributed by atoms with Gasteiger partial charge in [0.25, 0.3) is 5.91 Å². The number of hydrogen-bond acceptors (Lipinski definition) is 5. The molecular formula is C13H17N3O3S. The maximum atomic E-state index is 12.2. The summed E-state index contributed by atoms with van der Waals surface area (Å²) in [4.78, 5) is 29.7. The molecule has 3 atom stereocenters. The molecule has 3 rings (SSSR count). The largest absolute Gasteiger partial charge is 0.363 e. The summed E-state index contributed by atoms with van der Waals surface area (Å²) in [5.74, 6) is -0.116. The lowest BCUT2D eigenvalue weighted by Gasteiger charge is -2.20. The molecule has 2 saturated heterocycles. The smallest absolute Gasteiger partial charge is 0.255 e. The van der Waals surface area contributed by atoms with E-state index in [0.29, 0.717) is 11.6 Å². The number of nitrogens with one attached hydrogen (secondary N) is 1. The van der Waals surface area contributed by atoms with E-state index in [1.54, 1.807) is 6.92 Å². The van der Waals surface area contributed by atoms with Crippen molar-refractivity contribution in [2.45, 2.75) is 44.9 Å². The summed E-state index contributed by atoms with van der Waals surface area (Å²) in [7, 11) is 0. The minimum atomic E-state index is -0.489. The van der Waals surface area contributed by atoms with Gasteiger partial charge in [0.2, 0.25) is 5.91 Å². The van der Waals surface area contributed by atoms with Crippen molar-refractivity contribution in [2.24, 2.45) is 0 Å². The molecule has 3 heterocycles. The Kier molecular flexibility index (Phi) is 3.47. The minimum Gasteiger partial charge on any atom is -0.363 e. The Hall–Kier alpha value is -1.47. The van der Waals surface area contributed by atoms with Crippen LogP contribution in [0.1, 0.15) is 25.5 Å². The Morgan fingerprint density at radius 2 is 2.35 bits per heavy atom. The lowest BCUT2D eigenvalue weighted by atomic mass is 10.1. The predicted octanol–water partition coefficient (Wildman–Crippen LogP) is 1.17. The first-order chi connectivity index (χ1) is 9.54. The fraction of sp³-hybridized carbons (Fsp3) is 0.615. The fourth-order valence-electron chi connectivity index (χ4n) is 2.91. The lowest BCUT2D eigenvalue weighted by Crippen LogP contribution is -2.36. The van der Waals surface area contributed by atoms with Gasteiger partial charge in [0, 0.05) is 25.3 Å². The maximum Gasteiger partial charge on any atom is 0.255 e. The number of ether oxygens (including phenoxy) is 1. The second-order valence-corrected chi connectivity index (χ2v) is 6.11. The summed E-state index contributed by atoms with van der Waals surface area (Å²) in [6, 6.07) is 0.0429. The average molecular weight is 295 g/mol. The first-order valence-corrected chi connectivity index (χ1v) is 7.58. The molecule has 0 bridgehead atoms. The number of aryl methyl sites for hydroxylation is 1. The standard InChI is InChI=1S/C13H17N3O3S/c1-7-6-20-13(14-7)15-12(18)11-5-9-10(19-11)3-4-16(9)8(2)17/h6,9-11H,3-5H2,1-2H3,(H,14,15,18)/t9-,10-,11-/m0/s1. The molecule has 1 aromatic heterocycles. The number of rotatable bonds is 2. The van der Waals surface area contributed by atoms with Crippen molar-refractivity contribution >= 4 is 28.3 Å². The molecule has 0 spiro atoms. The number of nitrogens with zero attached hydrogens (tertiary/aromatic N) is 2. The van der Waals surface area contributed by atoms with E-state index in [-0.39, 0.29) is 24.0 Å². The van der Waals surface area contributed by atoms with Crippen molar-refractivity contribution in [3.63, 3.8) is 0 Å². The van der Waals surface area contributed by atoms with Crippen molar-refractivity contribution < 1.29 is 14.3 Å². The SMILES string of the molecule is CC(=O)N1CC[C@@H]2O[C@H](C(=O)Nc3nc(C)cs3)C[C@@H]21. The highest BCUT2D eigenvalue weighted by atomic mass is 32.1. The van der Waals surface area contributed by atoms with Crippen LogP contribution in [0.2, 0.25) is 0 Å². The molecule has 0 saturated carbocycles. The van der Waals surface area contributed by atoms with Gasteiger partial charge >= 0.3 is 0 Å². The van der Waals surface area contributed by atoms with E-state index in [1.165, 1.54) is 11.3 Å². The Balaban J connectivity index is 1.62. The third kappa shape index (κ3) is 2.43. The van der Waals surface area contributed by atoms with Gasteiger partial charge < -0.3 is 9.64 Å². The normalized spacial score (nSPS) is 28.5. The number of carbonyl (C=O) groups excluding carboxylic acids is 2. The van der Waals surface area contributed by atoms with Gasteiger partial charge in [-0.25, -0.2) is 4.98 Å². The second kappa shape index (κ2) is 5.14. The molecule has 1 aromatic rings. The molecule has 0 aromatic carbocycles. The van der Waals surface area contributed by atoms with E-state index in [0.717, 1.165) is 18.7 Å². The maximum absolute atomic E-state index is 12.2. The molecule has 2 fully saturated rings. The van der Waals surface area contributed by atoms with Crippen molar-refractivity contribution in [3.05, 3.63) is 11.1 Å². The van der Waals surface area contributed by atoms with Gasteiger partial charge in [-0.1, -0.05) is 0 Å². The first kappa shape index (κ1) is 13.5. The first-order valence-electron chi connectivity index (χ1n) is 6.70. The number of hydrogen-bond donors (Lipinski definition) is 1. The number of anilines is 1. The van der Waals surface area contributed by atoms with Crippen molar-refractivity contribution in [2.75, 3.05) is 11.9 Å². The third-order valence-corrected chi connectivity index (χ3v) is 4.70. The second-order valence-electron chi connectivity index (χ2n) is 5.25. The van der Waals surface area contributed by atoms with Gasteiger partial charge in [-0.3, -0.25) is 14.9 Å². The van der Waals surface area contributed by atoms with Crippen LogP contribution in [0, 0.1) is 6.92 Å². The number of fused-ring (bicyclic) bond motifs is 1. The van der Waals surface area contributed by atoms with Gasteiger partial charge in [-0.15, -0.1) is 11.3 Å². The van der Waals surface area contributed by atoms with Crippen LogP contribution < -0.4 is 5.32 Å². The van der Waals surface area contributed by atoms with Gasteiger partial charge in [-0.05, 0) is 13.3 Å². The Bertz CT molecular complexity index is 545. The molecule has 2 amide bonds. The minimum absolute atomic E-state index is 0.00678. The lowest BCUT2D eigenvalue weighted by molar-refractivity contribution is -0.130. The molecule has 0 unspecified atom stereocenters. The molecular weight excluding hydrogens is 278 g/mol. The van der Waals surface area contributed by atoms with E-state index < -0.39 is 6.10 Å². The molecule has 0 aliphatic carbocycles. The molecule has 0 radical (unpaired) electrons. The number of carbonyl (C=O) groups is 2. The number of thiazole rings is 1. The predicted molar refractivity (Wildman–Crippen MR) is 74.6 cm³/mol. The summed E-state index contributed by atoms with van der Waals surface area (Å²) in [5, 5.41) is 5.26. The highest BCUT2D eigenvalue weighted by Gasteiger charge is 2.46. The Morgan fingerprint density at radius 3 is 3.00 bits per heavy atom. The molecule has 108 valence electrons. The van der Waals surface area contributed by atoms with Crippen molar-refractivity contribution in [3.8, 4) is 0 Å². The summed E-state index contributed by atoms with van der Waals surface area (Å²) < 4.78 is 5.78. The summed E-state index contributed by atoms with van der Waals surface area (Å²) >= 11 is 1.40. The molecule has 1 N–H and O–H groups in total. The van der Waals surface area contributed by atoms with Crippen molar-refractivity contribution in [1.29, 1.82) is 0 Å². The number of amides is 2. The molecule has 2 aliphatic heterocycles. The van der Waals surface area contributed by atoms with Crippen LogP contribution in [0.25, 0.3) is 0 Å². The van der Waals surface area contributed by atoms with Gasteiger partial charge in [0.1, 0.15) is 6.10 Å². The zero-order chi connectivity index (χ0) is 14.3. The summed E-state index contributed by atoms with van der Waals surface area (Å²) in [5.41, 5.74) is 0.886. The average Bonchev–Trinajstić information content (AvgIpc) is 3.03. The van der Waals surface area contributed by atoms with E-state index in [9.17, 15) is 9.59 Å². The molecule has 2 aliphatic rings. The number of likely N-dealkylation sites (tertiary alicyclic amines) is 1. The van der Waals surface area contributed by atoms with Crippen LogP contribution in [0.15, 0.2) is 5.38 Å². The topological polar surface area (TPSA) is 71.5 Å². The van der Waals surface area contributed by atoms with Gasteiger partial charge in [-0.2, -0.15) is 0 Å². The van der Waals surface area contributed by atoms with Crippen molar-refractivity contribution in [1.82, 2.24) is 9.88 Å². The zero-order valence-electron chi connectivity index (χ0n) is 11.5. The molecule has 6 nitrogen and oxygen atoms in total. The van der Waals surface area contributed by atoms with Crippen LogP contribution in [0.5, 0.6) is 0 Å². The van der Waals surface area contributed by atoms with E-state index in [1.807, 2.05) is 17.2 Å². The van der Waals surface area contributed by atoms with Crippen LogP contribution in [-0.2, 0) is 14.3 Å². The molecule has 7 heteroatoms. The molecule has 20 heavy (non-hydrogen) atoms. The number of aromatic nitrogens is 1. The Labute approximate surface area is 121 Å². The third-order valence-electron chi connectivity index (χ3n) is 3.82. The highest BCUT2D eigenvalue weighted by Crippen LogP contribution is 2.33. The summed E-state index contributed by atoms with van der Waals surface area (Å²) in [6.45, 7) is 4.17. The van der Waals surface area contributed by atoms with Crippen LogP contribution in [0.3, 0.4) is 0 Å². The van der Waals surface area contributed by atoms with Crippen LogP contribution in [0.4, 0.5) is 5.13 Å². The quantitative estimate of drug-likeness (QED) is 0.889. The van der Waals surface area contributed by atoms with E-state index in [2.05, 4.69) is 10.3 Å². The monoisotopic (exact) mass is 295 g/mol. The summed E-state index contributed by atoms with van der Waals surface area (Å²) in [6.07, 6.45) is 0.884. The van der Waals surface area contributed by atoms with Crippen LogP contribution >= 0.6 is 11.3 Å². The highest BCUT2D eigenvalue weighted by molar-refractivity contribution is 7.13. The van der Waals surface area contributed by atoms with Gasteiger partial charge in [0.15, 0.2) is 5.13 Å². The Morgan fingerprint density at radius 1 is 1.55 bits per heavy atom. The van der Waals surface area contributed by atoms with Gasteiger partial charge in [0.05, 0.1) is 17.8 Å². The van der Waals surface area contributed by atoms with E-state index >= 15 is 0 Å².